The Morgan fingerprint density at radius 1 is 1.36 bits per heavy atom. The summed E-state index contributed by atoms with van der Waals surface area (Å²) in [5, 5.41) is 7.42. The molecule has 1 aromatic rings. The number of hydrogen-bond acceptors (Lipinski definition) is 5. The number of ether oxygens (including phenoxy) is 1. The number of nitrogens with zero attached hydrogens (tertiary/aromatic N) is 4. The van der Waals surface area contributed by atoms with Crippen LogP contribution in [0.2, 0.25) is 0 Å². The molecule has 0 aliphatic carbocycles. The van der Waals surface area contributed by atoms with Gasteiger partial charge in [0, 0.05) is 65.6 Å². The summed E-state index contributed by atoms with van der Waals surface area (Å²) in [6.07, 6.45) is 2.63. The molecule has 8 heteroatoms. The summed E-state index contributed by atoms with van der Waals surface area (Å²) in [4.78, 5) is 9.11. The van der Waals surface area contributed by atoms with Crippen molar-refractivity contribution in [2.24, 2.45) is 10.9 Å². The van der Waals surface area contributed by atoms with Crippen LogP contribution in [0.3, 0.4) is 0 Å². The monoisotopic (exact) mass is 465 g/mol. The van der Waals surface area contributed by atoms with Crippen molar-refractivity contribution in [2.75, 3.05) is 53.0 Å². The topological polar surface area (TPSA) is 66.1 Å². The number of nitrogens with one attached hydrogen (secondary N) is 1. The van der Waals surface area contributed by atoms with Crippen molar-refractivity contribution in [3.8, 4) is 0 Å². The minimum absolute atomic E-state index is 0. The van der Waals surface area contributed by atoms with Gasteiger partial charge in [-0.25, -0.2) is 0 Å². The molecular formula is C17H32IN5O2. The zero-order chi connectivity index (χ0) is 17.2. The fraction of sp³-hybridized carbons (Fsp3) is 0.765. The first kappa shape index (κ1) is 22.2. The number of hydrogen-bond donors (Lipinski definition) is 1. The van der Waals surface area contributed by atoms with Gasteiger partial charge in [-0.15, -0.1) is 24.0 Å². The highest BCUT2D eigenvalue weighted by atomic mass is 127. The van der Waals surface area contributed by atoms with Crippen molar-refractivity contribution in [2.45, 2.75) is 26.8 Å². The molecule has 0 bridgehead atoms. The van der Waals surface area contributed by atoms with Crippen LogP contribution in [0.1, 0.15) is 26.0 Å². The maximum Gasteiger partial charge on any atom is 0.193 e. The third-order valence-corrected chi connectivity index (χ3v) is 3.96. The predicted molar refractivity (Wildman–Crippen MR) is 110 cm³/mol. The Hall–Kier alpha value is -0.870. The molecule has 0 amide bonds. The van der Waals surface area contributed by atoms with Crippen molar-refractivity contribution in [3.63, 3.8) is 0 Å². The van der Waals surface area contributed by atoms with E-state index in [1.165, 1.54) is 0 Å². The van der Waals surface area contributed by atoms with Crippen molar-refractivity contribution in [1.82, 2.24) is 20.3 Å². The highest BCUT2D eigenvalue weighted by Gasteiger charge is 2.19. The van der Waals surface area contributed by atoms with Gasteiger partial charge in [0.25, 0.3) is 0 Å². The van der Waals surface area contributed by atoms with E-state index in [0.717, 1.165) is 70.6 Å². The zero-order valence-electron chi connectivity index (χ0n) is 15.6. The zero-order valence-corrected chi connectivity index (χ0v) is 17.9. The predicted octanol–water partition coefficient (Wildman–Crippen LogP) is 2.05. The summed E-state index contributed by atoms with van der Waals surface area (Å²) in [7, 11) is 1.85. The summed E-state index contributed by atoms with van der Waals surface area (Å²) >= 11 is 0. The average Bonchev–Trinajstić information content (AvgIpc) is 3.08. The third-order valence-electron chi connectivity index (χ3n) is 3.96. The Kier molecular flexibility index (Phi) is 11.1. The van der Waals surface area contributed by atoms with Gasteiger partial charge in [0.15, 0.2) is 5.96 Å². The van der Waals surface area contributed by atoms with Gasteiger partial charge in [-0.3, -0.25) is 9.89 Å². The first-order valence-electron chi connectivity index (χ1n) is 8.84. The normalized spacial score (nSPS) is 16.2. The largest absolute Gasteiger partial charge is 0.381 e. The second kappa shape index (κ2) is 12.5. The Morgan fingerprint density at radius 2 is 2.12 bits per heavy atom. The first-order valence-corrected chi connectivity index (χ1v) is 8.84. The van der Waals surface area contributed by atoms with Gasteiger partial charge in [0.05, 0.1) is 5.69 Å². The smallest absolute Gasteiger partial charge is 0.193 e. The molecule has 144 valence electrons. The molecule has 1 fully saturated rings. The van der Waals surface area contributed by atoms with Crippen LogP contribution >= 0.6 is 24.0 Å². The van der Waals surface area contributed by atoms with Crippen molar-refractivity contribution in [3.05, 3.63) is 18.0 Å². The molecule has 2 rings (SSSR count). The Bertz CT molecular complexity index is 473. The van der Waals surface area contributed by atoms with E-state index in [1.807, 2.05) is 13.1 Å². The summed E-state index contributed by atoms with van der Waals surface area (Å²) in [6.45, 7) is 11.7. The molecule has 0 spiro atoms. The lowest BCUT2D eigenvalue weighted by Gasteiger charge is -2.36. The first-order chi connectivity index (χ1) is 11.7. The lowest BCUT2D eigenvalue weighted by atomic mass is 10.2. The highest BCUT2D eigenvalue weighted by Crippen LogP contribution is 2.07. The van der Waals surface area contributed by atoms with Gasteiger partial charge < -0.3 is 19.5 Å². The van der Waals surface area contributed by atoms with Gasteiger partial charge in [-0.05, 0) is 12.3 Å². The van der Waals surface area contributed by atoms with E-state index in [0.29, 0.717) is 5.92 Å². The van der Waals surface area contributed by atoms with E-state index in [1.54, 1.807) is 6.26 Å². The maximum absolute atomic E-state index is 5.61. The number of piperazine rings is 1. The fourth-order valence-electron chi connectivity index (χ4n) is 2.69. The van der Waals surface area contributed by atoms with Gasteiger partial charge in [-0.2, -0.15) is 0 Å². The number of guanidine groups is 1. The van der Waals surface area contributed by atoms with E-state index in [2.05, 4.69) is 39.1 Å². The summed E-state index contributed by atoms with van der Waals surface area (Å²) in [6, 6.07) is 1.92. The van der Waals surface area contributed by atoms with Crippen LogP contribution in [0.5, 0.6) is 0 Å². The molecule has 0 radical (unpaired) electrons. The standard InChI is InChI=1S/C17H31N5O2.HI/c1-15(2)14-23-11-4-6-19-17(18-3)22-9-7-21(8-10-22)13-16-5-12-24-20-16;/h5,12,15H,4,6-11,13-14H2,1-3H3,(H,18,19);1H. The SMILES string of the molecule is CN=C(NCCCOCC(C)C)N1CCN(Cc2ccon2)CC1.I. The number of rotatable bonds is 8. The van der Waals surface area contributed by atoms with Crippen LogP contribution in [-0.4, -0.2) is 73.9 Å². The molecule has 1 aliphatic rings. The van der Waals surface area contributed by atoms with Gasteiger partial charge in [-0.1, -0.05) is 19.0 Å². The van der Waals surface area contributed by atoms with Crippen molar-refractivity contribution < 1.29 is 9.26 Å². The van der Waals surface area contributed by atoms with Crippen LogP contribution in [0.15, 0.2) is 21.8 Å². The lowest BCUT2D eigenvalue weighted by Crippen LogP contribution is -2.52. The molecule has 2 heterocycles. The quantitative estimate of drug-likeness (QED) is 0.275. The van der Waals surface area contributed by atoms with Crippen LogP contribution in [0, 0.1) is 5.92 Å². The van der Waals surface area contributed by atoms with E-state index < -0.39 is 0 Å². The Morgan fingerprint density at radius 3 is 2.72 bits per heavy atom. The summed E-state index contributed by atoms with van der Waals surface area (Å²) < 4.78 is 10.5. The molecule has 7 nitrogen and oxygen atoms in total. The number of aliphatic imine (C=N–C) groups is 1. The molecule has 1 saturated heterocycles. The van der Waals surface area contributed by atoms with E-state index in [-0.39, 0.29) is 24.0 Å². The van der Waals surface area contributed by atoms with Crippen LogP contribution in [0.25, 0.3) is 0 Å². The summed E-state index contributed by atoms with van der Waals surface area (Å²) in [5.74, 6) is 1.58. The van der Waals surface area contributed by atoms with E-state index in [9.17, 15) is 0 Å². The third kappa shape index (κ3) is 8.37. The molecule has 1 aromatic heterocycles. The highest BCUT2D eigenvalue weighted by molar-refractivity contribution is 14.0. The van der Waals surface area contributed by atoms with E-state index >= 15 is 0 Å². The van der Waals surface area contributed by atoms with E-state index in [4.69, 9.17) is 9.26 Å². The second-order valence-corrected chi connectivity index (χ2v) is 6.55. The molecule has 0 unspecified atom stereocenters. The minimum atomic E-state index is 0. The minimum Gasteiger partial charge on any atom is -0.381 e. The lowest BCUT2D eigenvalue weighted by molar-refractivity contribution is 0.108. The summed E-state index contributed by atoms with van der Waals surface area (Å²) in [5.41, 5.74) is 0.993. The van der Waals surface area contributed by atoms with Gasteiger partial charge in [0.2, 0.25) is 0 Å². The molecule has 0 saturated carbocycles. The fourth-order valence-corrected chi connectivity index (χ4v) is 2.69. The van der Waals surface area contributed by atoms with Crippen molar-refractivity contribution >= 4 is 29.9 Å². The molecular weight excluding hydrogens is 433 g/mol. The van der Waals surface area contributed by atoms with Crippen LogP contribution in [-0.2, 0) is 11.3 Å². The van der Waals surface area contributed by atoms with Crippen LogP contribution in [0.4, 0.5) is 0 Å². The molecule has 1 aliphatic heterocycles. The maximum atomic E-state index is 5.61. The van der Waals surface area contributed by atoms with Gasteiger partial charge >= 0.3 is 0 Å². The molecule has 25 heavy (non-hydrogen) atoms. The van der Waals surface area contributed by atoms with Gasteiger partial charge in [0.1, 0.15) is 6.26 Å². The Labute approximate surface area is 168 Å². The van der Waals surface area contributed by atoms with Crippen molar-refractivity contribution in [1.29, 1.82) is 0 Å². The number of halogens is 1. The molecule has 0 atom stereocenters. The van der Waals surface area contributed by atoms with Crippen LogP contribution < -0.4 is 5.32 Å². The second-order valence-electron chi connectivity index (χ2n) is 6.55. The average molecular weight is 465 g/mol. The molecule has 1 N–H and O–H groups in total. The Balaban J connectivity index is 0.00000312. The molecule has 0 aromatic carbocycles. The number of aromatic nitrogens is 1.